The number of hydrogen-bond acceptors (Lipinski definition) is 26. The van der Waals surface area contributed by atoms with Crippen LogP contribution in [0, 0.1) is 0 Å². The molecule has 65 heavy (non-hydrogen) atoms. The van der Waals surface area contributed by atoms with Gasteiger partial charge in [0.1, 0.15) is 129 Å². The Balaban J connectivity index is 1.31. The summed E-state index contributed by atoms with van der Waals surface area (Å²) in [6, 6.07) is -1.68. The van der Waals surface area contributed by atoms with Crippen LogP contribution < -0.4 is 11.1 Å². The maximum absolute atomic E-state index is 14.2. The summed E-state index contributed by atoms with van der Waals surface area (Å²) in [7, 11) is 0. The lowest BCUT2D eigenvalue weighted by atomic mass is 9.94. The largest absolute Gasteiger partial charge is 0.394 e. The van der Waals surface area contributed by atoms with Crippen LogP contribution in [0.15, 0.2) is 0 Å². The summed E-state index contributed by atoms with van der Waals surface area (Å²) in [4.78, 5) is 12.5. The molecule has 27 nitrogen and oxygen atoms in total. The lowest BCUT2D eigenvalue weighted by Crippen LogP contribution is -2.70. The topological polar surface area (TPSA) is 431 Å². The highest BCUT2D eigenvalue weighted by molar-refractivity contribution is 5.73. The van der Waals surface area contributed by atoms with Gasteiger partial charge in [0, 0.05) is 13.5 Å². The first-order valence-corrected chi connectivity index (χ1v) is 21.2. The van der Waals surface area contributed by atoms with Gasteiger partial charge in [0.25, 0.3) is 0 Å². The van der Waals surface area contributed by atoms with E-state index < -0.39 is 192 Å². The van der Waals surface area contributed by atoms with E-state index in [2.05, 4.69) is 5.32 Å². The quantitative estimate of drug-likeness (QED) is 0.0504. The van der Waals surface area contributed by atoms with Crippen LogP contribution in [0.2, 0.25) is 0 Å². The summed E-state index contributed by atoms with van der Waals surface area (Å²) in [6.45, 7) is -3.47. The standard InChI is InChI=1S/C37H65FN2O25/c1-12(45)40-18-31(64-35-25(52)22(49)19(46)14(8-41)59-35)20(47)15(9-42)58-33(18)65-32-21(48)16(10-43)60-37(28(32)55)63-30-17(11-44)61-36(27(54)24(30)51)62-29-13(7-38)57-34(26(53)23(29)50)56-6-4-2-3-5-39/h13-37,41-44,46-55H,2-11,39H2,1H3,(H,40,45)/t13?,14?,15?,16?,17?,18?,19-,20-,21-,22-,23+,24+,25?,26?,27?,28?,29+,30-,31+,32-,33-,34+,35-,36-,37+/m0/s1. The Morgan fingerprint density at radius 1 is 0.492 bits per heavy atom. The third kappa shape index (κ3) is 12.4. The molecule has 0 saturated carbocycles. The van der Waals surface area contributed by atoms with E-state index in [1.807, 2.05) is 0 Å². The van der Waals surface area contributed by atoms with E-state index in [1.165, 1.54) is 0 Å². The number of nitrogens with two attached hydrogens (primary N) is 1. The lowest BCUT2D eigenvalue weighted by Gasteiger charge is -2.50. The van der Waals surface area contributed by atoms with Crippen molar-refractivity contribution in [2.75, 3.05) is 46.3 Å². The number of carbonyl (C=O) groups is 1. The minimum Gasteiger partial charge on any atom is -0.394 e. The second kappa shape index (κ2) is 24.8. The Morgan fingerprint density at radius 3 is 1.46 bits per heavy atom. The van der Waals surface area contributed by atoms with Crippen molar-refractivity contribution in [3.8, 4) is 0 Å². The highest BCUT2D eigenvalue weighted by atomic mass is 19.1. The van der Waals surface area contributed by atoms with Crippen molar-refractivity contribution in [2.45, 2.75) is 180 Å². The number of aliphatic hydroxyl groups is 14. The van der Waals surface area contributed by atoms with E-state index in [1.54, 1.807) is 0 Å². The maximum Gasteiger partial charge on any atom is 0.217 e. The molecule has 0 aromatic carbocycles. The minimum absolute atomic E-state index is 0.0870. The van der Waals surface area contributed by atoms with Crippen LogP contribution in [-0.4, -0.2) is 277 Å². The van der Waals surface area contributed by atoms with Gasteiger partial charge in [-0.3, -0.25) is 4.79 Å². The van der Waals surface area contributed by atoms with E-state index in [4.69, 9.17) is 53.1 Å². The fourth-order valence-corrected chi connectivity index (χ4v) is 8.15. The van der Waals surface area contributed by atoms with E-state index >= 15 is 0 Å². The Labute approximate surface area is 370 Å². The summed E-state index contributed by atoms with van der Waals surface area (Å²) >= 11 is 0. The van der Waals surface area contributed by atoms with Crippen LogP contribution in [0.4, 0.5) is 4.39 Å². The van der Waals surface area contributed by atoms with Gasteiger partial charge < -0.3 is 130 Å². The molecule has 28 heteroatoms. The zero-order valence-corrected chi connectivity index (χ0v) is 35.2. The lowest BCUT2D eigenvalue weighted by molar-refractivity contribution is -0.388. The number of ether oxygens (including phenoxy) is 10. The number of nitrogens with one attached hydrogen (secondary N) is 1. The van der Waals surface area contributed by atoms with Crippen LogP contribution in [0.1, 0.15) is 26.2 Å². The molecule has 0 aromatic rings. The first-order chi connectivity index (χ1) is 31.0. The molecule has 5 saturated heterocycles. The molecule has 1 amide bonds. The molecule has 0 aliphatic carbocycles. The van der Waals surface area contributed by atoms with Crippen LogP contribution >= 0.6 is 0 Å². The molecule has 17 N–H and O–H groups in total. The van der Waals surface area contributed by atoms with Crippen LogP contribution in [0.5, 0.6) is 0 Å². The van der Waals surface area contributed by atoms with Gasteiger partial charge in [-0.05, 0) is 25.8 Å². The molecule has 0 spiro atoms. The summed E-state index contributed by atoms with van der Waals surface area (Å²) < 4.78 is 70.7. The van der Waals surface area contributed by atoms with Gasteiger partial charge in [0.2, 0.25) is 5.91 Å². The third-order valence-electron chi connectivity index (χ3n) is 11.8. The molecule has 0 radical (unpaired) electrons. The minimum atomic E-state index is -2.16. The van der Waals surface area contributed by atoms with Crippen LogP contribution in [0.3, 0.4) is 0 Å². The Kier molecular flexibility index (Phi) is 20.7. The number of aliphatic hydroxyl groups excluding tert-OH is 14. The highest BCUT2D eigenvalue weighted by Gasteiger charge is 2.57. The monoisotopic (exact) mass is 956 g/mol. The van der Waals surface area contributed by atoms with E-state index in [-0.39, 0.29) is 6.61 Å². The SMILES string of the molecule is CC(=O)NC1[C@H](O[C@@H]2C(O)[C@@H](O[C@H]3C(CO)O[C@@H](O[C@@H]4C(CF)O[C@@H](OCCCCCN)C(O)[C@H]4O)C(O)[C@H]3O)OC(CO)[C@@H]2O)OC(CO)[C@H](O)[C@@H]1O[C@@H]1OC(CO)[C@H](O)[C@H](O)C1O. The molecular weight excluding hydrogens is 891 g/mol. The van der Waals surface area contributed by atoms with Gasteiger partial charge in [-0.1, -0.05) is 0 Å². The molecule has 5 fully saturated rings. The first kappa shape index (κ1) is 54.3. The average molecular weight is 957 g/mol. The maximum atomic E-state index is 14.2. The summed E-state index contributed by atoms with van der Waals surface area (Å²) in [5.74, 6) is -0.807. The Morgan fingerprint density at radius 2 is 0.923 bits per heavy atom. The number of rotatable bonds is 20. The van der Waals surface area contributed by atoms with Crippen molar-refractivity contribution < 1.29 is 128 Å². The second-order valence-corrected chi connectivity index (χ2v) is 16.4. The number of unbranched alkanes of at least 4 members (excludes halogenated alkanes) is 2. The molecule has 5 aliphatic rings. The van der Waals surface area contributed by atoms with Gasteiger partial charge in [-0.15, -0.1) is 0 Å². The van der Waals surface area contributed by atoms with Crippen LogP contribution in [-0.2, 0) is 52.2 Å². The summed E-state index contributed by atoms with van der Waals surface area (Å²) in [5, 5.41) is 152. The van der Waals surface area contributed by atoms with Crippen molar-refractivity contribution in [1.82, 2.24) is 5.32 Å². The predicted molar refractivity (Wildman–Crippen MR) is 204 cm³/mol. The molecule has 5 aliphatic heterocycles. The van der Waals surface area contributed by atoms with Crippen molar-refractivity contribution in [3.63, 3.8) is 0 Å². The number of amides is 1. The number of halogens is 1. The average Bonchev–Trinajstić information content (AvgIpc) is 3.29. The second-order valence-electron chi connectivity index (χ2n) is 16.4. The van der Waals surface area contributed by atoms with Gasteiger partial charge in [-0.25, -0.2) is 4.39 Å². The molecule has 10 unspecified atom stereocenters. The van der Waals surface area contributed by atoms with E-state index in [9.17, 15) is 80.7 Å². The first-order valence-electron chi connectivity index (χ1n) is 21.2. The fraction of sp³-hybridized carbons (Fsp3) is 0.973. The molecule has 25 atom stereocenters. The number of alkyl halides is 1. The molecule has 5 heterocycles. The van der Waals surface area contributed by atoms with E-state index in [0.717, 1.165) is 6.92 Å². The molecule has 380 valence electrons. The summed E-state index contributed by atoms with van der Waals surface area (Å²) in [6.07, 6.45) is -42.2. The van der Waals surface area contributed by atoms with Crippen molar-refractivity contribution in [2.24, 2.45) is 5.73 Å². The van der Waals surface area contributed by atoms with Crippen molar-refractivity contribution in [3.05, 3.63) is 0 Å². The third-order valence-corrected chi connectivity index (χ3v) is 11.8. The molecule has 0 aromatic heterocycles. The Hall–Kier alpha value is -1.60. The number of hydrogen-bond donors (Lipinski definition) is 16. The van der Waals surface area contributed by atoms with Crippen molar-refractivity contribution >= 4 is 5.91 Å². The predicted octanol–water partition coefficient (Wildman–Crippen LogP) is -9.65. The number of carbonyl (C=O) groups excluding carboxylic acids is 1. The van der Waals surface area contributed by atoms with Crippen molar-refractivity contribution in [1.29, 1.82) is 0 Å². The zero-order valence-electron chi connectivity index (χ0n) is 35.2. The van der Waals surface area contributed by atoms with Gasteiger partial charge in [0.15, 0.2) is 31.5 Å². The molecule has 5 rings (SSSR count). The van der Waals surface area contributed by atoms with Gasteiger partial charge in [0.05, 0.1) is 26.4 Å². The van der Waals surface area contributed by atoms with Gasteiger partial charge in [-0.2, -0.15) is 0 Å². The molecular formula is C37H65FN2O25. The highest BCUT2D eigenvalue weighted by Crippen LogP contribution is 2.36. The van der Waals surface area contributed by atoms with E-state index in [0.29, 0.717) is 25.8 Å². The molecule has 0 bridgehead atoms. The fourth-order valence-electron chi connectivity index (χ4n) is 8.15. The Bertz CT molecular complexity index is 1430. The normalized spacial score (nSPS) is 47.4. The van der Waals surface area contributed by atoms with Crippen LogP contribution in [0.25, 0.3) is 0 Å². The summed E-state index contributed by atoms with van der Waals surface area (Å²) in [5.41, 5.74) is 5.48. The van der Waals surface area contributed by atoms with Gasteiger partial charge >= 0.3 is 0 Å². The zero-order chi connectivity index (χ0) is 47.9. The smallest absolute Gasteiger partial charge is 0.217 e.